The standard InChI is InChI=1S/C30H27N3O5S2/c1-4-38-22-14-12-20(13-15-22)26(34)24-25(21-6-5-7-23(16-21)37-3)33(28(36)27(24)35)29-31-32-30(40-29)39-17-19-10-8-18(2)9-11-19/h5-16,25,34H,4,17H2,1-3H3/b26-24-. The number of ether oxygens (including phenoxy) is 2. The van der Waals surface area contributed by atoms with Crippen LogP contribution in [0.2, 0.25) is 0 Å². The van der Waals surface area contributed by atoms with Gasteiger partial charge in [0.1, 0.15) is 17.3 Å². The number of aryl methyl sites for hydroxylation is 1. The van der Waals surface area contributed by atoms with E-state index in [9.17, 15) is 14.7 Å². The van der Waals surface area contributed by atoms with Gasteiger partial charge >= 0.3 is 5.91 Å². The summed E-state index contributed by atoms with van der Waals surface area (Å²) in [6, 6.07) is 21.1. The fraction of sp³-hybridized carbons (Fsp3) is 0.200. The molecule has 1 saturated heterocycles. The number of Topliss-reactive ketones (excluding diaryl/α,β-unsaturated/α-hetero) is 1. The summed E-state index contributed by atoms with van der Waals surface area (Å²) in [6.45, 7) is 4.42. The molecule has 8 nitrogen and oxygen atoms in total. The fourth-order valence-corrected chi connectivity index (χ4v) is 6.20. The van der Waals surface area contributed by atoms with Crippen LogP contribution in [-0.2, 0) is 15.3 Å². The molecule has 1 atom stereocenters. The molecule has 0 spiro atoms. The van der Waals surface area contributed by atoms with Gasteiger partial charge < -0.3 is 14.6 Å². The van der Waals surface area contributed by atoms with Gasteiger partial charge in [-0.1, -0.05) is 65.1 Å². The Morgan fingerprint density at radius 2 is 1.77 bits per heavy atom. The maximum atomic E-state index is 13.5. The van der Waals surface area contributed by atoms with Crippen LogP contribution in [0.25, 0.3) is 5.76 Å². The van der Waals surface area contributed by atoms with Crippen LogP contribution in [0.3, 0.4) is 0 Å². The lowest BCUT2D eigenvalue weighted by atomic mass is 9.95. The Morgan fingerprint density at radius 3 is 2.48 bits per heavy atom. The Balaban J connectivity index is 1.53. The largest absolute Gasteiger partial charge is 0.507 e. The zero-order valence-corrected chi connectivity index (χ0v) is 23.8. The molecule has 4 aromatic rings. The van der Waals surface area contributed by atoms with Crippen molar-refractivity contribution in [2.45, 2.75) is 30.0 Å². The molecule has 1 N–H and O–H groups in total. The van der Waals surface area contributed by atoms with E-state index in [4.69, 9.17) is 9.47 Å². The summed E-state index contributed by atoms with van der Waals surface area (Å²) in [4.78, 5) is 28.2. The van der Waals surface area contributed by atoms with Gasteiger partial charge in [-0.25, -0.2) is 0 Å². The molecule has 10 heteroatoms. The van der Waals surface area contributed by atoms with Gasteiger partial charge in [0.05, 0.1) is 25.3 Å². The van der Waals surface area contributed by atoms with Crippen LogP contribution in [-0.4, -0.2) is 40.7 Å². The number of hydrogen-bond acceptors (Lipinski definition) is 9. The Hall–Kier alpha value is -4.15. The molecule has 1 fully saturated rings. The Kier molecular flexibility index (Phi) is 8.18. The quantitative estimate of drug-likeness (QED) is 0.0834. The van der Waals surface area contributed by atoms with E-state index in [0.29, 0.717) is 39.3 Å². The maximum absolute atomic E-state index is 13.5. The SMILES string of the molecule is CCOc1ccc(/C(O)=C2/C(=O)C(=O)N(c3nnc(SCc4ccc(C)cc4)s3)C2c2cccc(OC)c2)cc1. The number of rotatable bonds is 9. The lowest BCUT2D eigenvalue weighted by Crippen LogP contribution is -2.29. The van der Waals surface area contributed by atoms with Crippen molar-refractivity contribution in [3.8, 4) is 11.5 Å². The molecule has 5 rings (SSSR count). The van der Waals surface area contributed by atoms with Crippen molar-refractivity contribution >= 4 is 45.7 Å². The number of carbonyl (C=O) groups excluding carboxylic acids is 2. The Bertz CT molecular complexity index is 1560. The number of aliphatic hydroxyl groups excluding tert-OH is 1. The minimum absolute atomic E-state index is 0.0357. The number of anilines is 1. The number of aromatic nitrogens is 2. The number of hydrogen-bond donors (Lipinski definition) is 1. The van der Waals surface area contributed by atoms with E-state index < -0.39 is 17.7 Å². The van der Waals surface area contributed by atoms with E-state index in [-0.39, 0.29) is 16.5 Å². The highest BCUT2D eigenvalue weighted by atomic mass is 32.2. The van der Waals surface area contributed by atoms with Gasteiger partial charge in [0.2, 0.25) is 5.13 Å². The first-order chi connectivity index (χ1) is 19.4. The zero-order chi connectivity index (χ0) is 28.2. The molecule has 0 saturated carbocycles. The molecule has 1 unspecified atom stereocenters. The number of benzene rings is 3. The first-order valence-corrected chi connectivity index (χ1v) is 14.4. The first-order valence-electron chi connectivity index (χ1n) is 12.6. The molecule has 0 bridgehead atoms. The van der Waals surface area contributed by atoms with Gasteiger partial charge in [0.25, 0.3) is 5.78 Å². The smallest absolute Gasteiger partial charge is 0.301 e. The Morgan fingerprint density at radius 1 is 1.02 bits per heavy atom. The predicted octanol–water partition coefficient (Wildman–Crippen LogP) is 6.17. The summed E-state index contributed by atoms with van der Waals surface area (Å²) in [5.74, 6) is -0.000677. The van der Waals surface area contributed by atoms with E-state index in [1.54, 1.807) is 48.5 Å². The molecule has 1 aliphatic heterocycles. The van der Waals surface area contributed by atoms with E-state index in [1.807, 2.05) is 13.8 Å². The number of carbonyl (C=O) groups is 2. The molecular formula is C30H27N3O5S2. The number of aliphatic hydroxyl groups is 1. The van der Waals surface area contributed by atoms with Crippen molar-refractivity contribution in [2.24, 2.45) is 0 Å². The number of nitrogens with zero attached hydrogens (tertiary/aromatic N) is 3. The maximum Gasteiger partial charge on any atom is 0.301 e. The highest BCUT2D eigenvalue weighted by Gasteiger charge is 2.48. The average Bonchev–Trinajstić information content (AvgIpc) is 3.55. The van der Waals surface area contributed by atoms with Gasteiger partial charge in [0.15, 0.2) is 4.34 Å². The average molecular weight is 574 g/mol. The van der Waals surface area contributed by atoms with Crippen LogP contribution in [0.1, 0.15) is 35.2 Å². The number of methoxy groups -OCH3 is 1. The zero-order valence-electron chi connectivity index (χ0n) is 22.2. The van der Waals surface area contributed by atoms with Gasteiger partial charge in [-0.15, -0.1) is 10.2 Å². The highest BCUT2D eigenvalue weighted by Crippen LogP contribution is 2.44. The van der Waals surface area contributed by atoms with Crippen molar-refractivity contribution in [1.82, 2.24) is 10.2 Å². The summed E-state index contributed by atoms with van der Waals surface area (Å²) in [6.07, 6.45) is 0. The minimum atomic E-state index is -0.926. The number of ketones is 1. The van der Waals surface area contributed by atoms with Crippen molar-refractivity contribution in [2.75, 3.05) is 18.6 Å². The van der Waals surface area contributed by atoms with Crippen LogP contribution < -0.4 is 14.4 Å². The van der Waals surface area contributed by atoms with Crippen molar-refractivity contribution < 1.29 is 24.2 Å². The van der Waals surface area contributed by atoms with Crippen LogP contribution in [0.5, 0.6) is 11.5 Å². The van der Waals surface area contributed by atoms with E-state index in [2.05, 4.69) is 34.5 Å². The molecule has 40 heavy (non-hydrogen) atoms. The first kappa shape index (κ1) is 27.4. The molecule has 1 amide bonds. The second-order valence-electron chi connectivity index (χ2n) is 9.03. The van der Waals surface area contributed by atoms with Crippen molar-refractivity contribution in [3.63, 3.8) is 0 Å². The summed E-state index contributed by atoms with van der Waals surface area (Å²) in [5, 5.41) is 20.2. The Labute approximate surface area is 240 Å². The number of amides is 1. The summed E-state index contributed by atoms with van der Waals surface area (Å²) in [5.41, 5.74) is 3.27. The summed E-state index contributed by atoms with van der Waals surface area (Å²) < 4.78 is 11.6. The molecule has 1 aromatic heterocycles. The molecule has 0 aliphatic carbocycles. The second kappa shape index (κ2) is 11.9. The number of thioether (sulfide) groups is 1. The monoisotopic (exact) mass is 573 g/mol. The lowest BCUT2D eigenvalue weighted by Gasteiger charge is -2.23. The third-order valence-electron chi connectivity index (χ3n) is 6.38. The third kappa shape index (κ3) is 5.59. The molecule has 2 heterocycles. The predicted molar refractivity (Wildman–Crippen MR) is 156 cm³/mol. The molecule has 3 aromatic carbocycles. The molecular weight excluding hydrogens is 546 g/mol. The topological polar surface area (TPSA) is 102 Å². The van der Waals surface area contributed by atoms with Crippen molar-refractivity contribution in [1.29, 1.82) is 0 Å². The highest BCUT2D eigenvalue weighted by molar-refractivity contribution is 8.00. The van der Waals surface area contributed by atoms with Crippen LogP contribution in [0, 0.1) is 6.92 Å². The van der Waals surface area contributed by atoms with Crippen molar-refractivity contribution in [3.05, 3.63) is 101 Å². The second-order valence-corrected chi connectivity index (χ2v) is 11.2. The summed E-state index contributed by atoms with van der Waals surface area (Å²) in [7, 11) is 1.54. The fourth-order valence-electron chi connectivity index (χ4n) is 4.38. The molecule has 0 radical (unpaired) electrons. The van der Waals surface area contributed by atoms with E-state index in [0.717, 1.165) is 5.56 Å². The summed E-state index contributed by atoms with van der Waals surface area (Å²) >= 11 is 2.73. The van der Waals surface area contributed by atoms with Crippen LogP contribution in [0.15, 0.2) is 82.7 Å². The van der Waals surface area contributed by atoms with Crippen LogP contribution in [0.4, 0.5) is 5.13 Å². The minimum Gasteiger partial charge on any atom is -0.507 e. The van der Waals surface area contributed by atoms with Gasteiger partial charge in [-0.05, 0) is 61.4 Å². The van der Waals surface area contributed by atoms with Gasteiger partial charge in [-0.3, -0.25) is 14.5 Å². The third-order valence-corrected chi connectivity index (χ3v) is 8.50. The van der Waals surface area contributed by atoms with E-state index >= 15 is 0 Å². The molecule has 204 valence electrons. The molecule has 1 aliphatic rings. The normalized spacial score (nSPS) is 16.4. The van der Waals surface area contributed by atoms with Gasteiger partial charge in [-0.2, -0.15) is 0 Å². The lowest BCUT2D eigenvalue weighted by molar-refractivity contribution is -0.132. The van der Waals surface area contributed by atoms with E-state index in [1.165, 1.54) is 40.7 Å². The van der Waals surface area contributed by atoms with Crippen LogP contribution >= 0.6 is 23.1 Å². The van der Waals surface area contributed by atoms with Gasteiger partial charge in [0, 0.05) is 11.3 Å².